The Balaban J connectivity index is 1.92. The number of amides is 1. The van der Waals surface area contributed by atoms with Crippen molar-refractivity contribution in [3.63, 3.8) is 0 Å². The van der Waals surface area contributed by atoms with E-state index in [0.29, 0.717) is 12.0 Å². The van der Waals surface area contributed by atoms with Crippen molar-refractivity contribution in [2.75, 3.05) is 0 Å². The second kappa shape index (κ2) is 4.90. The number of halogens is 1. The maximum Gasteiger partial charge on any atom is 0.237 e. The molecule has 2 rings (SSSR count). The van der Waals surface area contributed by atoms with Crippen molar-refractivity contribution in [1.82, 2.24) is 5.32 Å². The standard InChI is InChI=1S/C14H19ClN2O/c1-14(2,13(16)18)17-10-7-9(8-10)11-5-3-4-6-12(11)15/h3-6,9-10,17H,7-8H2,1-2H3,(H2,16,18). The number of nitrogens with one attached hydrogen (secondary N) is 1. The quantitative estimate of drug-likeness (QED) is 0.880. The first kappa shape index (κ1) is 13.4. The first-order valence-corrected chi connectivity index (χ1v) is 6.60. The Morgan fingerprint density at radius 3 is 2.56 bits per heavy atom. The lowest BCUT2D eigenvalue weighted by Gasteiger charge is -2.40. The van der Waals surface area contributed by atoms with Crippen LogP contribution in [-0.2, 0) is 4.79 Å². The Hall–Kier alpha value is -1.06. The molecule has 0 heterocycles. The number of primary amides is 1. The molecule has 1 aromatic carbocycles. The van der Waals surface area contributed by atoms with Gasteiger partial charge in [0.2, 0.25) is 5.91 Å². The summed E-state index contributed by atoms with van der Waals surface area (Å²) in [6.07, 6.45) is 2.00. The predicted octanol–water partition coefficient (Wildman–Crippen LogP) is 2.44. The number of carbonyl (C=O) groups excluding carboxylic acids is 1. The number of nitrogens with two attached hydrogens (primary N) is 1. The third-order valence-corrected chi connectivity index (χ3v) is 4.01. The highest BCUT2D eigenvalue weighted by Gasteiger charge is 2.36. The van der Waals surface area contributed by atoms with Crippen molar-refractivity contribution in [3.05, 3.63) is 34.9 Å². The summed E-state index contributed by atoms with van der Waals surface area (Å²) in [5.41, 5.74) is 5.90. The topological polar surface area (TPSA) is 55.1 Å². The average Bonchev–Trinajstić information content (AvgIpc) is 2.24. The molecule has 1 aliphatic carbocycles. The van der Waals surface area contributed by atoms with Crippen LogP contribution in [0.3, 0.4) is 0 Å². The van der Waals surface area contributed by atoms with E-state index < -0.39 is 5.54 Å². The fourth-order valence-electron chi connectivity index (χ4n) is 2.38. The molecule has 18 heavy (non-hydrogen) atoms. The Labute approximate surface area is 113 Å². The zero-order chi connectivity index (χ0) is 13.3. The monoisotopic (exact) mass is 266 g/mol. The van der Waals surface area contributed by atoms with Crippen LogP contribution >= 0.6 is 11.6 Å². The van der Waals surface area contributed by atoms with Gasteiger partial charge >= 0.3 is 0 Å². The average molecular weight is 267 g/mol. The molecule has 0 saturated heterocycles. The summed E-state index contributed by atoms with van der Waals surface area (Å²) in [5, 5.41) is 4.12. The van der Waals surface area contributed by atoms with Gasteiger partial charge in [-0.2, -0.15) is 0 Å². The minimum Gasteiger partial charge on any atom is -0.368 e. The molecule has 98 valence electrons. The lowest BCUT2D eigenvalue weighted by atomic mass is 9.75. The van der Waals surface area contributed by atoms with Crippen molar-refractivity contribution >= 4 is 17.5 Å². The molecule has 3 N–H and O–H groups in total. The molecule has 0 aromatic heterocycles. The Morgan fingerprint density at radius 1 is 1.39 bits per heavy atom. The van der Waals surface area contributed by atoms with Gasteiger partial charge in [0.05, 0.1) is 5.54 Å². The summed E-state index contributed by atoms with van der Waals surface area (Å²) in [6.45, 7) is 3.64. The van der Waals surface area contributed by atoms with Crippen molar-refractivity contribution in [1.29, 1.82) is 0 Å². The van der Waals surface area contributed by atoms with Crippen LogP contribution < -0.4 is 11.1 Å². The fraction of sp³-hybridized carbons (Fsp3) is 0.500. The van der Waals surface area contributed by atoms with E-state index in [1.54, 1.807) is 0 Å². The van der Waals surface area contributed by atoms with Gasteiger partial charge in [-0.25, -0.2) is 0 Å². The lowest BCUT2D eigenvalue weighted by Crippen LogP contribution is -2.57. The summed E-state index contributed by atoms with van der Waals surface area (Å²) in [7, 11) is 0. The predicted molar refractivity (Wildman–Crippen MR) is 73.6 cm³/mol. The molecule has 1 fully saturated rings. The Morgan fingerprint density at radius 2 is 2.00 bits per heavy atom. The zero-order valence-corrected chi connectivity index (χ0v) is 11.5. The second-order valence-corrected chi connectivity index (χ2v) is 5.93. The van der Waals surface area contributed by atoms with Crippen molar-refractivity contribution in [3.8, 4) is 0 Å². The highest BCUT2D eigenvalue weighted by atomic mass is 35.5. The van der Waals surface area contributed by atoms with Gasteiger partial charge in [0.25, 0.3) is 0 Å². The third kappa shape index (κ3) is 2.68. The molecule has 1 amide bonds. The smallest absolute Gasteiger partial charge is 0.237 e. The molecule has 0 unspecified atom stereocenters. The highest BCUT2D eigenvalue weighted by Crippen LogP contribution is 2.40. The minimum atomic E-state index is -0.643. The van der Waals surface area contributed by atoms with Crippen LogP contribution in [0.15, 0.2) is 24.3 Å². The first-order chi connectivity index (χ1) is 8.40. The number of rotatable bonds is 4. The van der Waals surface area contributed by atoms with E-state index in [4.69, 9.17) is 17.3 Å². The molecule has 3 nitrogen and oxygen atoms in total. The number of hydrogen-bond donors (Lipinski definition) is 2. The number of hydrogen-bond acceptors (Lipinski definition) is 2. The normalized spacial score (nSPS) is 23.5. The molecule has 0 radical (unpaired) electrons. The van der Waals surface area contributed by atoms with E-state index in [-0.39, 0.29) is 5.91 Å². The zero-order valence-electron chi connectivity index (χ0n) is 10.7. The van der Waals surface area contributed by atoms with E-state index in [0.717, 1.165) is 17.9 Å². The first-order valence-electron chi connectivity index (χ1n) is 6.22. The SMILES string of the molecule is CC(C)(NC1CC(c2ccccc2Cl)C1)C(N)=O. The summed E-state index contributed by atoms with van der Waals surface area (Å²) in [4.78, 5) is 11.2. The van der Waals surface area contributed by atoms with Gasteiger partial charge in [0.15, 0.2) is 0 Å². The molecule has 1 aromatic rings. The van der Waals surface area contributed by atoms with Crippen molar-refractivity contribution in [2.45, 2.75) is 44.2 Å². The summed E-state index contributed by atoms with van der Waals surface area (Å²) in [5.74, 6) is 0.170. The van der Waals surface area contributed by atoms with E-state index in [2.05, 4.69) is 11.4 Å². The maximum absolute atomic E-state index is 11.2. The van der Waals surface area contributed by atoms with Crippen molar-refractivity contribution in [2.24, 2.45) is 5.73 Å². The molecule has 0 atom stereocenters. The Bertz CT molecular complexity index is 453. The fourth-order valence-corrected chi connectivity index (χ4v) is 2.67. The van der Waals surface area contributed by atoms with Gasteiger partial charge in [-0.3, -0.25) is 4.79 Å². The molecular formula is C14H19ClN2O. The van der Waals surface area contributed by atoms with Crippen LogP contribution in [0.4, 0.5) is 0 Å². The van der Waals surface area contributed by atoms with Crippen LogP contribution in [0.1, 0.15) is 38.2 Å². The minimum absolute atomic E-state index is 0.316. The van der Waals surface area contributed by atoms with Gasteiger partial charge in [0.1, 0.15) is 0 Å². The number of carbonyl (C=O) groups is 1. The largest absolute Gasteiger partial charge is 0.368 e. The molecule has 0 bridgehead atoms. The van der Waals surface area contributed by atoms with Crippen LogP contribution in [0.5, 0.6) is 0 Å². The van der Waals surface area contributed by atoms with Gasteiger partial charge in [0, 0.05) is 11.1 Å². The van der Waals surface area contributed by atoms with E-state index in [1.165, 1.54) is 5.56 Å². The lowest BCUT2D eigenvalue weighted by molar-refractivity contribution is -0.123. The molecule has 1 aliphatic rings. The Kier molecular flexibility index (Phi) is 3.64. The van der Waals surface area contributed by atoms with Gasteiger partial charge in [-0.05, 0) is 44.2 Å². The van der Waals surface area contributed by atoms with E-state index >= 15 is 0 Å². The van der Waals surface area contributed by atoms with Gasteiger partial charge in [-0.1, -0.05) is 29.8 Å². The van der Waals surface area contributed by atoms with E-state index in [1.807, 2.05) is 32.0 Å². The molecule has 1 saturated carbocycles. The molecule has 0 aliphatic heterocycles. The summed E-state index contributed by atoms with van der Waals surface area (Å²) < 4.78 is 0. The molecule has 4 heteroatoms. The maximum atomic E-state index is 11.2. The second-order valence-electron chi connectivity index (χ2n) is 5.52. The van der Waals surface area contributed by atoms with E-state index in [9.17, 15) is 4.79 Å². The van der Waals surface area contributed by atoms with Crippen LogP contribution in [0, 0.1) is 0 Å². The highest BCUT2D eigenvalue weighted by molar-refractivity contribution is 6.31. The van der Waals surface area contributed by atoms with Crippen LogP contribution in [0.25, 0.3) is 0 Å². The number of benzene rings is 1. The van der Waals surface area contributed by atoms with Crippen LogP contribution in [-0.4, -0.2) is 17.5 Å². The molecular weight excluding hydrogens is 248 g/mol. The third-order valence-electron chi connectivity index (χ3n) is 3.66. The summed E-state index contributed by atoms with van der Waals surface area (Å²) >= 11 is 6.17. The van der Waals surface area contributed by atoms with Gasteiger partial charge < -0.3 is 11.1 Å². The van der Waals surface area contributed by atoms with Gasteiger partial charge in [-0.15, -0.1) is 0 Å². The summed E-state index contributed by atoms with van der Waals surface area (Å²) in [6, 6.07) is 8.29. The van der Waals surface area contributed by atoms with Crippen LogP contribution in [0.2, 0.25) is 5.02 Å². The molecule has 0 spiro atoms. The van der Waals surface area contributed by atoms with Crippen molar-refractivity contribution < 1.29 is 4.79 Å².